The van der Waals surface area contributed by atoms with Crippen molar-refractivity contribution in [2.75, 3.05) is 6.61 Å². The zero-order valence-electron chi connectivity index (χ0n) is 20.0. The van der Waals surface area contributed by atoms with Crippen molar-refractivity contribution in [3.63, 3.8) is 0 Å². The summed E-state index contributed by atoms with van der Waals surface area (Å²) >= 11 is 0. The maximum atomic E-state index is 13.6. The number of nitrogens with one attached hydrogen (secondary N) is 1. The van der Waals surface area contributed by atoms with E-state index >= 15 is 0 Å². The van der Waals surface area contributed by atoms with Gasteiger partial charge in [-0.1, -0.05) is 72.8 Å². The number of aliphatic carboxylic acids is 1. The smallest absolute Gasteiger partial charge is 0.407 e. The summed E-state index contributed by atoms with van der Waals surface area (Å²) in [5, 5.41) is 12.1. The van der Waals surface area contributed by atoms with Crippen molar-refractivity contribution in [1.82, 2.24) is 5.32 Å². The first-order valence-corrected chi connectivity index (χ1v) is 11.9. The number of amides is 1. The fraction of sp³-hybridized carbons (Fsp3) is 0.133. The molecule has 4 aromatic rings. The zero-order chi connectivity index (χ0) is 26.8. The minimum absolute atomic E-state index is 0.0473. The number of carbonyl (C=O) groups excluding carboxylic acids is 1. The van der Waals surface area contributed by atoms with Gasteiger partial charge in [-0.25, -0.2) is 22.8 Å². The molecule has 1 unspecified atom stereocenters. The molecule has 0 bridgehead atoms. The third kappa shape index (κ3) is 4.98. The van der Waals surface area contributed by atoms with Gasteiger partial charge in [-0.3, -0.25) is 0 Å². The lowest BCUT2D eigenvalue weighted by Crippen LogP contribution is -2.42. The lowest BCUT2D eigenvalue weighted by molar-refractivity contribution is -0.139. The van der Waals surface area contributed by atoms with Crippen molar-refractivity contribution >= 4 is 12.1 Å². The molecule has 38 heavy (non-hydrogen) atoms. The first-order chi connectivity index (χ1) is 18.3. The number of ether oxygens (including phenoxy) is 1. The number of halogens is 3. The number of carboxylic acid groups (broad SMARTS) is 1. The molecule has 1 amide bonds. The third-order valence-corrected chi connectivity index (χ3v) is 6.64. The van der Waals surface area contributed by atoms with Crippen LogP contribution in [0, 0.1) is 17.5 Å². The van der Waals surface area contributed by atoms with Gasteiger partial charge in [0.05, 0.1) is 0 Å². The van der Waals surface area contributed by atoms with Gasteiger partial charge in [0.2, 0.25) is 0 Å². The third-order valence-electron chi connectivity index (χ3n) is 6.64. The molecular weight excluding hydrogens is 495 g/mol. The molecule has 0 aliphatic heterocycles. The molecule has 0 spiro atoms. The van der Waals surface area contributed by atoms with E-state index in [1.165, 1.54) is 12.1 Å². The van der Waals surface area contributed by atoms with Crippen LogP contribution in [0.3, 0.4) is 0 Å². The lowest BCUT2D eigenvalue weighted by Gasteiger charge is -2.17. The Morgan fingerprint density at radius 1 is 0.816 bits per heavy atom. The Kier molecular flexibility index (Phi) is 6.87. The highest BCUT2D eigenvalue weighted by Crippen LogP contribution is 2.44. The first-order valence-electron chi connectivity index (χ1n) is 11.9. The van der Waals surface area contributed by atoms with Gasteiger partial charge >= 0.3 is 12.1 Å². The number of fused-ring (bicyclic) bond motifs is 3. The largest absolute Gasteiger partial charge is 0.480 e. The van der Waals surface area contributed by atoms with Gasteiger partial charge in [0.25, 0.3) is 0 Å². The molecule has 192 valence electrons. The summed E-state index contributed by atoms with van der Waals surface area (Å²) in [6, 6.07) is 22.5. The standard InChI is InChI=1S/C30H22F3NO4/c31-25-14-19(15-26(32)28(25)33)18-11-9-17(10-12-18)13-27(29(35)36)34-30(37)38-16-24-22-7-3-1-5-20(22)21-6-2-4-8-23(21)24/h1-12,14-15,24,27H,13,16H2,(H,34,37)(H,35,36). The zero-order valence-corrected chi connectivity index (χ0v) is 20.0. The summed E-state index contributed by atoms with van der Waals surface area (Å²) < 4.78 is 45.8. The highest BCUT2D eigenvalue weighted by molar-refractivity contribution is 5.81. The summed E-state index contributed by atoms with van der Waals surface area (Å²) in [6.45, 7) is 0.0473. The molecular formula is C30H22F3NO4. The van der Waals surface area contributed by atoms with Gasteiger partial charge in [-0.05, 0) is 51.1 Å². The van der Waals surface area contributed by atoms with Crippen molar-refractivity contribution in [2.45, 2.75) is 18.4 Å². The minimum Gasteiger partial charge on any atom is -0.480 e. The average Bonchev–Trinajstić information content (AvgIpc) is 3.24. The van der Waals surface area contributed by atoms with Gasteiger partial charge in [0, 0.05) is 12.3 Å². The fourth-order valence-corrected chi connectivity index (χ4v) is 4.77. The van der Waals surface area contributed by atoms with Gasteiger partial charge in [0.15, 0.2) is 17.5 Å². The number of carboxylic acids is 1. The molecule has 0 saturated carbocycles. The predicted octanol–water partition coefficient (Wildman–Crippen LogP) is 6.31. The molecule has 4 aromatic carbocycles. The van der Waals surface area contributed by atoms with Crippen LogP contribution in [0.15, 0.2) is 84.9 Å². The monoisotopic (exact) mass is 517 g/mol. The maximum absolute atomic E-state index is 13.6. The Balaban J connectivity index is 1.23. The summed E-state index contributed by atoms with van der Waals surface area (Å²) in [5.41, 5.74) is 5.35. The molecule has 5 rings (SSSR count). The molecule has 1 atom stereocenters. The molecule has 8 heteroatoms. The average molecular weight is 518 g/mol. The van der Waals surface area contributed by atoms with Crippen LogP contribution in [0.1, 0.15) is 22.6 Å². The second-order valence-electron chi connectivity index (χ2n) is 9.02. The van der Waals surface area contributed by atoms with Crippen LogP contribution in [0.4, 0.5) is 18.0 Å². The molecule has 1 aliphatic rings. The highest BCUT2D eigenvalue weighted by atomic mass is 19.2. The Labute approximate surface area is 216 Å². The van der Waals surface area contributed by atoms with Gasteiger partial charge in [0.1, 0.15) is 12.6 Å². The van der Waals surface area contributed by atoms with Crippen molar-refractivity contribution in [3.05, 3.63) is 119 Å². The normalized spacial score (nSPS) is 12.9. The predicted molar refractivity (Wildman–Crippen MR) is 135 cm³/mol. The number of carbonyl (C=O) groups is 2. The van der Waals surface area contributed by atoms with Crippen molar-refractivity contribution < 1.29 is 32.6 Å². The molecule has 0 fully saturated rings. The first kappa shape index (κ1) is 25.1. The number of rotatable bonds is 7. The van der Waals surface area contributed by atoms with E-state index in [4.69, 9.17) is 4.74 Å². The Bertz CT molecular complexity index is 1450. The number of hydrogen-bond acceptors (Lipinski definition) is 3. The number of alkyl carbamates (subject to hydrolysis) is 1. The molecule has 0 heterocycles. The lowest BCUT2D eigenvalue weighted by atomic mass is 9.98. The summed E-state index contributed by atoms with van der Waals surface area (Å²) in [4.78, 5) is 24.4. The van der Waals surface area contributed by atoms with E-state index in [-0.39, 0.29) is 24.5 Å². The van der Waals surface area contributed by atoms with Crippen molar-refractivity contribution in [3.8, 4) is 22.3 Å². The molecule has 5 nitrogen and oxygen atoms in total. The van der Waals surface area contributed by atoms with E-state index in [1.54, 1.807) is 12.1 Å². The van der Waals surface area contributed by atoms with E-state index < -0.39 is 35.6 Å². The Morgan fingerprint density at radius 2 is 1.37 bits per heavy atom. The van der Waals surface area contributed by atoms with E-state index in [2.05, 4.69) is 5.32 Å². The number of hydrogen-bond donors (Lipinski definition) is 2. The summed E-state index contributed by atoms with van der Waals surface area (Å²) in [6.07, 6.45) is -0.903. The molecule has 1 aliphatic carbocycles. The van der Waals surface area contributed by atoms with E-state index in [1.807, 2.05) is 48.5 Å². The summed E-state index contributed by atoms with van der Waals surface area (Å²) in [5.74, 6) is -5.56. The topological polar surface area (TPSA) is 75.6 Å². The summed E-state index contributed by atoms with van der Waals surface area (Å²) in [7, 11) is 0. The molecule has 0 radical (unpaired) electrons. The van der Waals surface area contributed by atoms with Gasteiger partial charge in [-0.2, -0.15) is 0 Å². The maximum Gasteiger partial charge on any atom is 0.407 e. The van der Waals surface area contributed by atoms with Crippen molar-refractivity contribution in [1.29, 1.82) is 0 Å². The van der Waals surface area contributed by atoms with Crippen LogP contribution in [0.2, 0.25) is 0 Å². The van der Waals surface area contributed by atoms with E-state index in [9.17, 15) is 27.9 Å². The second-order valence-corrected chi connectivity index (χ2v) is 9.02. The van der Waals surface area contributed by atoms with Crippen LogP contribution in [0.5, 0.6) is 0 Å². The van der Waals surface area contributed by atoms with Gasteiger partial charge < -0.3 is 15.2 Å². The van der Waals surface area contributed by atoms with Crippen LogP contribution in [-0.4, -0.2) is 29.8 Å². The molecule has 0 saturated heterocycles. The molecule has 2 N–H and O–H groups in total. The quantitative estimate of drug-likeness (QED) is 0.282. The SMILES string of the molecule is O=C(NC(Cc1ccc(-c2cc(F)c(F)c(F)c2)cc1)C(=O)O)OCC1c2ccccc2-c2ccccc21. The Hall–Kier alpha value is -4.59. The Morgan fingerprint density at radius 3 is 1.92 bits per heavy atom. The minimum atomic E-state index is -1.55. The van der Waals surface area contributed by atoms with Crippen LogP contribution >= 0.6 is 0 Å². The van der Waals surface area contributed by atoms with Gasteiger partial charge in [-0.15, -0.1) is 0 Å². The second kappa shape index (κ2) is 10.4. The van der Waals surface area contributed by atoms with Crippen molar-refractivity contribution in [2.24, 2.45) is 0 Å². The van der Waals surface area contributed by atoms with E-state index in [0.29, 0.717) is 11.1 Å². The van der Waals surface area contributed by atoms with Crippen LogP contribution < -0.4 is 5.32 Å². The fourth-order valence-electron chi connectivity index (χ4n) is 4.77. The van der Waals surface area contributed by atoms with Crippen LogP contribution in [-0.2, 0) is 16.0 Å². The molecule has 0 aromatic heterocycles. The number of benzene rings is 4. The van der Waals surface area contributed by atoms with E-state index in [0.717, 1.165) is 34.4 Å². The van der Waals surface area contributed by atoms with Crippen LogP contribution in [0.25, 0.3) is 22.3 Å². The highest BCUT2D eigenvalue weighted by Gasteiger charge is 2.29.